The van der Waals surface area contributed by atoms with Crippen LogP contribution >= 0.6 is 12.2 Å². The Morgan fingerprint density at radius 2 is 1.62 bits per heavy atom. The summed E-state index contributed by atoms with van der Waals surface area (Å²) >= 11 is 5.58. The second kappa shape index (κ2) is 22.6. The molecular weight excluding hydrogens is 833 g/mol. The Morgan fingerprint density at radius 1 is 0.968 bits per heavy atom. The van der Waals surface area contributed by atoms with E-state index in [0.29, 0.717) is 31.2 Å². The van der Waals surface area contributed by atoms with E-state index in [4.69, 9.17) is 40.6 Å². The number of nitrogens with one attached hydrogen (secondary N) is 2. The van der Waals surface area contributed by atoms with Crippen LogP contribution in [0.3, 0.4) is 0 Å². The van der Waals surface area contributed by atoms with Crippen LogP contribution in [0.5, 0.6) is 0 Å². The van der Waals surface area contributed by atoms with Gasteiger partial charge in [0.25, 0.3) is 0 Å². The molecule has 1 aromatic rings. The minimum absolute atomic E-state index is 0.111. The zero-order valence-electron chi connectivity index (χ0n) is 39.9. The number of benzene rings is 1. The van der Waals surface area contributed by atoms with E-state index in [2.05, 4.69) is 10.6 Å². The topological polar surface area (TPSA) is 204 Å². The average molecular weight is 913 g/mol. The van der Waals surface area contributed by atoms with Crippen molar-refractivity contribution in [3.63, 3.8) is 0 Å². The van der Waals surface area contributed by atoms with Gasteiger partial charge in [0.1, 0.15) is 30.0 Å². The molecule has 0 amide bonds. The number of esters is 1. The van der Waals surface area contributed by atoms with Gasteiger partial charge in [-0.2, -0.15) is 0 Å². The monoisotopic (exact) mass is 913 g/mol. The highest BCUT2D eigenvalue weighted by Gasteiger charge is 2.53. The van der Waals surface area contributed by atoms with Crippen molar-refractivity contribution in [2.24, 2.45) is 17.8 Å². The molecule has 18 atom stereocenters. The molecule has 3 heterocycles. The van der Waals surface area contributed by atoms with Gasteiger partial charge in [0.05, 0.1) is 41.5 Å². The number of thiocarbonyl (C=S) groups is 1. The van der Waals surface area contributed by atoms with Crippen molar-refractivity contribution in [3.8, 4) is 0 Å². The zero-order valence-corrected chi connectivity index (χ0v) is 40.7. The van der Waals surface area contributed by atoms with Crippen LogP contribution in [0, 0.1) is 17.8 Å². The largest absolute Gasteiger partial charge is 0.459 e. The highest BCUT2D eigenvalue weighted by atomic mass is 32.1. The first-order chi connectivity index (χ1) is 29.4. The minimum atomic E-state index is -1.89. The number of hydrogen-bond acceptors (Lipinski definition) is 15. The number of para-hydroxylation sites is 1. The first-order valence-electron chi connectivity index (χ1n) is 22.7. The van der Waals surface area contributed by atoms with Crippen molar-refractivity contribution < 1.29 is 58.7 Å². The molecule has 0 aromatic heterocycles. The van der Waals surface area contributed by atoms with Gasteiger partial charge < -0.3 is 69.5 Å². The Morgan fingerprint density at radius 3 is 2.22 bits per heavy atom. The summed E-state index contributed by atoms with van der Waals surface area (Å²) in [5.74, 6) is -2.81. The highest BCUT2D eigenvalue weighted by molar-refractivity contribution is 7.80. The number of cyclic esters (lactones) is 1. The van der Waals surface area contributed by atoms with E-state index in [-0.39, 0.29) is 37.3 Å². The zero-order chi connectivity index (χ0) is 47.2. The first kappa shape index (κ1) is 53.5. The predicted octanol–water partition coefficient (Wildman–Crippen LogP) is 3.26. The Balaban J connectivity index is 1.78. The molecule has 0 bridgehead atoms. The van der Waals surface area contributed by atoms with E-state index >= 15 is 0 Å². The third-order valence-corrected chi connectivity index (χ3v) is 14.0. The molecule has 0 unspecified atom stereocenters. The van der Waals surface area contributed by atoms with Crippen LogP contribution in [0.4, 0.5) is 5.69 Å². The van der Waals surface area contributed by atoms with Crippen molar-refractivity contribution in [3.05, 3.63) is 30.3 Å². The summed E-state index contributed by atoms with van der Waals surface area (Å²) in [6, 6.07) is 8.58. The summed E-state index contributed by atoms with van der Waals surface area (Å²) in [5, 5.41) is 66.6. The third kappa shape index (κ3) is 13.3. The number of anilines is 1. The summed E-state index contributed by atoms with van der Waals surface area (Å²) < 4.78 is 38.0. The molecule has 3 fully saturated rings. The Kier molecular flexibility index (Phi) is 19.2. The van der Waals surface area contributed by atoms with Crippen molar-refractivity contribution in [2.75, 3.05) is 46.2 Å². The van der Waals surface area contributed by atoms with E-state index in [1.807, 2.05) is 81.9 Å². The molecule has 0 radical (unpaired) electrons. The maximum atomic E-state index is 14.5. The number of ether oxygens (including phenoxy) is 6. The molecule has 7 N–H and O–H groups in total. The van der Waals surface area contributed by atoms with Crippen molar-refractivity contribution in [2.45, 2.75) is 185 Å². The van der Waals surface area contributed by atoms with Gasteiger partial charge in [-0.1, -0.05) is 39.0 Å². The van der Waals surface area contributed by atoms with Crippen molar-refractivity contribution in [1.29, 1.82) is 0 Å². The standard InChI is InChI=1S/C46H80N4O12S/c1-14-34-46(10,56)38(52)30(6)50(21-20-47-43(63)48-32-18-16-15-17-19-32)25-26(2)23-44(8,55)40(62-42-36(51)33(49(11)12)22-27(3)58-42)28(4)37(29(5)41(54)60-34)61-35-24-45(9,57-13)39(53)31(7)59-35/h15-19,26-31,33-40,42,51-53,55-56H,14,20-25H2,1-13H3,(H2,47,48,63)/t26-,27-,28+,29-,30-,31+,33+,34-,35+,36-,37+,38-,39+,40-,42+,44-,45-,46-/m1/s1. The Bertz CT molecular complexity index is 1600. The number of carbonyl (C=O) groups excluding carboxylic acids is 1. The van der Waals surface area contributed by atoms with Crippen LogP contribution in [-0.4, -0.2) is 178 Å². The number of aliphatic hydroxyl groups excluding tert-OH is 3. The molecular formula is C46H80N4O12S. The lowest BCUT2D eigenvalue weighted by atomic mass is 9.77. The van der Waals surface area contributed by atoms with Crippen LogP contribution < -0.4 is 10.6 Å². The predicted molar refractivity (Wildman–Crippen MR) is 244 cm³/mol. The van der Waals surface area contributed by atoms with Crippen molar-refractivity contribution >= 4 is 29.0 Å². The average Bonchev–Trinajstić information content (AvgIpc) is 3.21. The second-order valence-corrected chi connectivity index (χ2v) is 19.9. The lowest BCUT2D eigenvalue weighted by molar-refractivity contribution is -0.318. The minimum Gasteiger partial charge on any atom is -0.459 e. The summed E-state index contributed by atoms with van der Waals surface area (Å²) in [6.45, 7) is 18.7. The lowest BCUT2D eigenvalue weighted by Gasteiger charge is -2.48. The summed E-state index contributed by atoms with van der Waals surface area (Å²) in [7, 11) is 5.27. The molecule has 362 valence electrons. The highest BCUT2D eigenvalue weighted by Crippen LogP contribution is 2.40. The molecule has 0 aliphatic carbocycles. The molecule has 4 rings (SSSR count). The molecule has 17 heteroatoms. The summed E-state index contributed by atoms with van der Waals surface area (Å²) in [6.07, 6.45) is -8.81. The smallest absolute Gasteiger partial charge is 0.311 e. The number of methoxy groups -OCH3 is 1. The molecule has 1 aromatic carbocycles. The number of carbonyl (C=O) groups is 1. The van der Waals surface area contributed by atoms with Crippen molar-refractivity contribution in [1.82, 2.24) is 15.1 Å². The van der Waals surface area contributed by atoms with Gasteiger partial charge in [-0.25, -0.2) is 0 Å². The fourth-order valence-electron chi connectivity index (χ4n) is 9.91. The maximum Gasteiger partial charge on any atom is 0.311 e. The van der Waals surface area contributed by atoms with Gasteiger partial charge in [0.15, 0.2) is 17.7 Å². The molecule has 0 spiro atoms. The maximum absolute atomic E-state index is 14.5. The Hall–Kier alpha value is -2.10. The van der Waals surface area contributed by atoms with E-state index in [9.17, 15) is 30.3 Å². The van der Waals surface area contributed by atoms with E-state index in [1.54, 1.807) is 34.6 Å². The molecule has 16 nitrogen and oxygen atoms in total. The number of nitrogens with zero attached hydrogens (tertiary/aromatic N) is 2. The third-order valence-electron chi connectivity index (χ3n) is 13.8. The SMILES string of the molecule is CC[C@H]1OC(=O)[C@H](C)[C@@H](O[C@H]2C[C@@](C)(OC)[C@@H](O)[C@H](C)O2)[C@H](C)[C@@H](O[C@@H]2O[C@H](C)C[C@H](N(C)C)[C@H]2O)[C@](C)(O)C[C@@H](C)CN(CCNC(=S)Nc2ccccc2)[C@H](C)[C@@H](O)[C@]1(C)O. The fourth-order valence-corrected chi connectivity index (χ4v) is 10.1. The number of likely N-dealkylation sites (N-methyl/N-ethyl adjacent to an activating group) is 1. The number of aliphatic hydroxyl groups is 5. The van der Waals surface area contributed by atoms with Crippen LogP contribution in [0.25, 0.3) is 0 Å². The van der Waals surface area contributed by atoms with E-state index in [0.717, 1.165) is 5.69 Å². The Labute approximate surface area is 381 Å². The fraction of sp³-hybridized carbons (Fsp3) is 0.826. The van der Waals surface area contributed by atoms with Crippen LogP contribution in [0.1, 0.15) is 94.9 Å². The van der Waals surface area contributed by atoms with E-state index in [1.165, 1.54) is 14.0 Å². The van der Waals surface area contributed by atoms with Gasteiger partial charge in [0, 0.05) is 56.9 Å². The van der Waals surface area contributed by atoms with Gasteiger partial charge >= 0.3 is 5.97 Å². The number of rotatable bonds is 11. The number of hydrogen-bond donors (Lipinski definition) is 7. The van der Waals surface area contributed by atoms with Crippen LogP contribution in [0.15, 0.2) is 30.3 Å². The molecule has 63 heavy (non-hydrogen) atoms. The quantitative estimate of drug-likeness (QED) is 0.126. The summed E-state index contributed by atoms with van der Waals surface area (Å²) in [4.78, 5) is 18.5. The van der Waals surface area contributed by atoms with Crippen LogP contribution in [0.2, 0.25) is 0 Å². The van der Waals surface area contributed by atoms with Gasteiger partial charge in [-0.3, -0.25) is 9.69 Å². The molecule has 0 saturated carbocycles. The van der Waals surface area contributed by atoms with Gasteiger partial charge in [-0.15, -0.1) is 0 Å². The van der Waals surface area contributed by atoms with Crippen LogP contribution in [-0.2, 0) is 33.2 Å². The van der Waals surface area contributed by atoms with Gasteiger partial charge in [0.2, 0.25) is 0 Å². The molecule has 3 aliphatic rings. The first-order valence-corrected chi connectivity index (χ1v) is 23.1. The summed E-state index contributed by atoms with van der Waals surface area (Å²) in [5.41, 5.74) is -3.75. The molecule has 3 saturated heterocycles. The van der Waals surface area contributed by atoms with E-state index < -0.39 is 96.0 Å². The lowest BCUT2D eigenvalue weighted by Crippen LogP contribution is -2.60. The molecule has 3 aliphatic heterocycles. The van der Waals surface area contributed by atoms with Gasteiger partial charge in [-0.05, 0) is 112 Å². The second-order valence-electron chi connectivity index (χ2n) is 19.5. The normalized spacial score (nSPS) is 42.8.